The molecule has 0 amide bonds. The third kappa shape index (κ3) is 3.41. The van der Waals surface area contributed by atoms with E-state index in [9.17, 15) is 9.90 Å². The summed E-state index contributed by atoms with van der Waals surface area (Å²) in [5.74, 6) is -0.188. The number of aliphatic imine (C=N–C) groups is 1. The summed E-state index contributed by atoms with van der Waals surface area (Å²) in [6.07, 6.45) is 1.37. The number of nitrogens with zero attached hydrogens (tertiary/aromatic N) is 4. The van der Waals surface area contributed by atoms with Crippen molar-refractivity contribution in [3.63, 3.8) is 0 Å². The van der Waals surface area contributed by atoms with Gasteiger partial charge in [-0.25, -0.2) is 0 Å². The predicted molar refractivity (Wildman–Crippen MR) is 100 cm³/mol. The van der Waals surface area contributed by atoms with E-state index in [1.54, 1.807) is 14.1 Å². The average Bonchev–Trinajstić information content (AvgIpc) is 2.60. The van der Waals surface area contributed by atoms with Gasteiger partial charge < -0.3 is 10.0 Å². The monoisotopic (exact) mass is 346 g/mol. The lowest BCUT2D eigenvalue weighted by Gasteiger charge is -2.20. The van der Waals surface area contributed by atoms with Gasteiger partial charge in [-0.1, -0.05) is 0 Å². The molecule has 0 aliphatic rings. The number of anilines is 1. The molecule has 2 aromatic rings. The van der Waals surface area contributed by atoms with E-state index in [2.05, 4.69) is 23.7 Å². The zero-order valence-corrected chi connectivity index (χ0v) is 15.2. The first-order chi connectivity index (χ1) is 11.4. The average molecular weight is 346 g/mol. The van der Waals surface area contributed by atoms with Gasteiger partial charge in [0.05, 0.1) is 5.69 Å². The molecule has 0 saturated carbocycles. The van der Waals surface area contributed by atoms with Crippen molar-refractivity contribution in [3.05, 3.63) is 45.0 Å². The second-order valence-electron chi connectivity index (χ2n) is 5.39. The van der Waals surface area contributed by atoms with Crippen LogP contribution >= 0.6 is 12.2 Å². The lowest BCUT2D eigenvalue weighted by atomic mass is 10.2. The van der Waals surface area contributed by atoms with Crippen molar-refractivity contribution in [1.29, 1.82) is 0 Å². The van der Waals surface area contributed by atoms with E-state index in [0.29, 0.717) is 5.69 Å². The van der Waals surface area contributed by atoms with Crippen molar-refractivity contribution in [2.75, 3.05) is 18.0 Å². The maximum atomic E-state index is 12.2. The van der Waals surface area contributed by atoms with Crippen LogP contribution in [0.4, 0.5) is 11.4 Å². The minimum Gasteiger partial charge on any atom is -0.494 e. The first-order valence-electron chi connectivity index (χ1n) is 7.78. The molecular formula is C17H22N4O2S. The molecule has 6 nitrogen and oxygen atoms in total. The number of hydrogen-bond acceptors (Lipinski definition) is 5. The zero-order valence-electron chi connectivity index (χ0n) is 14.4. The maximum Gasteiger partial charge on any atom is 0.266 e. The first-order valence-corrected chi connectivity index (χ1v) is 8.19. The van der Waals surface area contributed by atoms with Gasteiger partial charge in [-0.2, -0.15) is 0 Å². The second-order valence-corrected chi connectivity index (χ2v) is 5.76. The maximum absolute atomic E-state index is 12.2. The fourth-order valence-corrected chi connectivity index (χ4v) is 2.62. The Morgan fingerprint density at radius 1 is 1.17 bits per heavy atom. The van der Waals surface area contributed by atoms with Crippen molar-refractivity contribution in [3.8, 4) is 5.88 Å². The molecule has 0 spiro atoms. The highest BCUT2D eigenvalue weighted by atomic mass is 32.1. The molecule has 0 aliphatic carbocycles. The third-order valence-electron chi connectivity index (χ3n) is 3.99. The van der Waals surface area contributed by atoms with Gasteiger partial charge in [0, 0.05) is 39.1 Å². The molecule has 128 valence electrons. The molecule has 0 bridgehead atoms. The summed E-state index contributed by atoms with van der Waals surface area (Å²) < 4.78 is 2.93. The second kappa shape index (κ2) is 7.44. The summed E-state index contributed by atoms with van der Waals surface area (Å²) in [5, 5.41) is 10.1. The van der Waals surface area contributed by atoms with Crippen LogP contribution in [0.1, 0.15) is 19.4 Å². The Hall–Kier alpha value is -2.41. The predicted octanol–water partition coefficient (Wildman–Crippen LogP) is 2.76. The van der Waals surface area contributed by atoms with Gasteiger partial charge >= 0.3 is 0 Å². The van der Waals surface area contributed by atoms with Gasteiger partial charge in [-0.3, -0.25) is 18.9 Å². The van der Waals surface area contributed by atoms with Crippen molar-refractivity contribution in [2.45, 2.75) is 13.8 Å². The van der Waals surface area contributed by atoms with Crippen LogP contribution < -0.4 is 10.5 Å². The Kier molecular flexibility index (Phi) is 5.56. The molecule has 7 heteroatoms. The van der Waals surface area contributed by atoms with Gasteiger partial charge in [0.25, 0.3) is 5.56 Å². The molecule has 0 atom stereocenters. The van der Waals surface area contributed by atoms with Crippen LogP contribution in [-0.4, -0.2) is 33.5 Å². The number of hydrogen-bond donors (Lipinski definition) is 1. The van der Waals surface area contributed by atoms with Crippen LogP contribution in [0.3, 0.4) is 0 Å². The van der Waals surface area contributed by atoms with E-state index in [4.69, 9.17) is 12.2 Å². The Bertz CT molecular complexity index is 862. The van der Waals surface area contributed by atoms with E-state index in [-0.39, 0.29) is 21.8 Å². The van der Waals surface area contributed by atoms with Crippen LogP contribution in [0.2, 0.25) is 0 Å². The normalized spacial score (nSPS) is 11.2. The number of aromatic nitrogens is 2. The molecule has 1 heterocycles. The Morgan fingerprint density at radius 2 is 1.75 bits per heavy atom. The third-order valence-corrected chi connectivity index (χ3v) is 4.54. The van der Waals surface area contributed by atoms with E-state index < -0.39 is 0 Å². The van der Waals surface area contributed by atoms with Crippen LogP contribution in [0.15, 0.2) is 34.1 Å². The number of aromatic hydroxyl groups is 1. The van der Waals surface area contributed by atoms with Crippen LogP contribution in [0.25, 0.3) is 0 Å². The van der Waals surface area contributed by atoms with Gasteiger partial charge in [-0.05, 0) is 50.3 Å². The standard InChI is InChI=1S/C17H22N4O2S/c1-5-21(6-2)13-9-7-12(8-10-13)18-11-14-15(22)19(3)17(24)20(4)16(14)23/h7-11,22H,5-6H2,1-4H3. The summed E-state index contributed by atoms with van der Waals surface area (Å²) in [4.78, 5) is 18.8. The first kappa shape index (κ1) is 17.9. The summed E-state index contributed by atoms with van der Waals surface area (Å²) in [5.41, 5.74) is 1.57. The lowest BCUT2D eigenvalue weighted by molar-refractivity contribution is 0.415. The van der Waals surface area contributed by atoms with Crippen LogP contribution in [0.5, 0.6) is 5.88 Å². The van der Waals surface area contributed by atoms with Crippen molar-refractivity contribution >= 4 is 29.8 Å². The number of benzene rings is 1. The smallest absolute Gasteiger partial charge is 0.266 e. The molecule has 1 aromatic heterocycles. The molecule has 1 aromatic carbocycles. The van der Waals surface area contributed by atoms with E-state index in [1.807, 2.05) is 24.3 Å². The fraction of sp³-hybridized carbons (Fsp3) is 0.353. The minimum absolute atomic E-state index is 0.112. The van der Waals surface area contributed by atoms with Crippen LogP contribution in [-0.2, 0) is 14.1 Å². The topological polar surface area (TPSA) is 62.8 Å². The van der Waals surface area contributed by atoms with Crippen molar-refractivity contribution in [1.82, 2.24) is 9.13 Å². The van der Waals surface area contributed by atoms with E-state index in [1.165, 1.54) is 15.3 Å². The molecular weight excluding hydrogens is 324 g/mol. The highest BCUT2D eigenvalue weighted by Gasteiger charge is 2.11. The molecule has 0 aliphatic heterocycles. The van der Waals surface area contributed by atoms with Crippen LogP contribution in [0, 0.1) is 4.77 Å². The van der Waals surface area contributed by atoms with Gasteiger partial charge in [0.15, 0.2) is 4.77 Å². The molecule has 0 unspecified atom stereocenters. The molecule has 2 rings (SSSR count). The fourth-order valence-electron chi connectivity index (χ4n) is 2.45. The Labute approximate surface area is 146 Å². The molecule has 24 heavy (non-hydrogen) atoms. The summed E-state index contributed by atoms with van der Waals surface area (Å²) in [6, 6.07) is 7.74. The highest BCUT2D eigenvalue weighted by Crippen LogP contribution is 2.20. The van der Waals surface area contributed by atoms with Crippen molar-refractivity contribution < 1.29 is 5.11 Å². The minimum atomic E-state index is -0.376. The summed E-state index contributed by atoms with van der Waals surface area (Å²) in [6.45, 7) is 6.09. The lowest BCUT2D eigenvalue weighted by Crippen LogP contribution is -2.25. The van der Waals surface area contributed by atoms with Gasteiger partial charge in [0.2, 0.25) is 5.88 Å². The highest BCUT2D eigenvalue weighted by molar-refractivity contribution is 7.71. The molecule has 0 saturated heterocycles. The van der Waals surface area contributed by atoms with Gasteiger partial charge in [-0.15, -0.1) is 0 Å². The molecule has 1 N–H and O–H groups in total. The zero-order chi connectivity index (χ0) is 17.9. The quantitative estimate of drug-likeness (QED) is 0.668. The van der Waals surface area contributed by atoms with E-state index in [0.717, 1.165) is 18.8 Å². The van der Waals surface area contributed by atoms with Gasteiger partial charge in [0.1, 0.15) is 5.56 Å². The SMILES string of the molecule is CCN(CC)c1ccc(N=Cc2c(O)n(C)c(=S)n(C)c2=O)cc1. The Balaban J connectivity index is 2.36. The summed E-state index contributed by atoms with van der Waals surface area (Å²) in [7, 11) is 3.17. The molecule has 0 radical (unpaired) electrons. The summed E-state index contributed by atoms with van der Waals surface area (Å²) >= 11 is 5.09. The number of rotatable bonds is 5. The van der Waals surface area contributed by atoms with Crippen molar-refractivity contribution in [2.24, 2.45) is 19.1 Å². The largest absolute Gasteiger partial charge is 0.494 e. The van der Waals surface area contributed by atoms with E-state index >= 15 is 0 Å². The Morgan fingerprint density at radius 3 is 2.29 bits per heavy atom. The molecule has 0 fully saturated rings.